The quantitative estimate of drug-likeness (QED) is 0.607. The van der Waals surface area contributed by atoms with E-state index >= 15 is 0 Å². The van der Waals surface area contributed by atoms with Crippen LogP contribution in [0.1, 0.15) is 13.3 Å². The van der Waals surface area contributed by atoms with Gasteiger partial charge in [0.1, 0.15) is 0 Å². The largest absolute Gasteiger partial charge is 0.394 e. The lowest BCUT2D eigenvalue weighted by Crippen LogP contribution is -2.40. The zero-order chi connectivity index (χ0) is 9.68. The van der Waals surface area contributed by atoms with Gasteiger partial charge in [-0.1, -0.05) is 5.57 Å². The molecule has 0 unspecified atom stereocenters. The third kappa shape index (κ3) is 3.48. The van der Waals surface area contributed by atoms with Gasteiger partial charge >= 0.3 is 0 Å². The number of hydrazine groups is 2. The van der Waals surface area contributed by atoms with Crippen molar-refractivity contribution in [3.8, 4) is 0 Å². The van der Waals surface area contributed by atoms with E-state index in [0.717, 1.165) is 13.0 Å². The number of hydrogen-bond acceptors (Lipinski definition) is 4. The van der Waals surface area contributed by atoms with E-state index in [-0.39, 0.29) is 6.61 Å². The summed E-state index contributed by atoms with van der Waals surface area (Å²) in [6.07, 6.45) is 4.84. The number of aliphatic hydroxyl groups is 1. The first-order valence-corrected chi connectivity index (χ1v) is 4.45. The van der Waals surface area contributed by atoms with Crippen LogP contribution in [0.5, 0.6) is 0 Å². The Morgan fingerprint density at radius 1 is 1.38 bits per heavy atom. The fourth-order valence-corrected chi connectivity index (χ4v) is 1.06. The predicted molar refractivity (Wildman–Crippen MR) is 52.2 cm³/mol. The van der Waals surface area contributed by atoms with Crippen molar-refractivity contribution in [3.63, 3.8) is 0 Å². The lowest BCUT2D eigenvalue weighted by molar-refractivity contribution is 0.116. The van der Waals surface area contributed by atoms with Crippen molar-refractivity contribution in [2.75, 3.05) is 19.7 Å². The zero-order valence-electron chi connectivity index (χ0n) is 8.03. The standard InChI is InChI=1S/C9H17N3O/c1-9(2)3-4-11-5-6-12(10-11)7-8-13/h5-6,10,13H,1,3-4,7-8H2,2H3. The number of aliphatic hydroxyl groups excluding tert-OH is 1. The van der Waals surface area contributed by atoms with Crippen molar-refractivity contribution in [2.24, 2.45) is 0 Å². The molecule has 0 saturated carbocycles. The maximum atomic E-state index is 8.68. The Morgan fingerprint density at radius 2 is 2.00 bits per heavy atom. The van der Waals surface area contributed by atoms with Crippen LogP contribution in [0.2, 0.25) is 0 Å². The van der Waals surface area contributed by atoms with Crippen LogP contribution in [-0.4, -0.2) is 34.8 Å². The van der Waals surface area contributed by atoms with E-state index in [1.807, 2.05) is 29.3 Å². The number of nitrogens with one attached hydrogen (secondary N) is 1. The lowest BCUT2D eigenvalue weighted by Gasteiger charge is -2.21. The molecule has 0 saturated heterocycles. The first-order chi connectivity index (χ1) is 6.22. The topological polar surface area (TPSA) is 38.7 Å². The van der Waals surface area contributed by atoms with E-state index in [0.29, 0.717) is 6.54 Å². The van der Waals surface area contributed by atoms with Gasteiger partial charge in [0, 0.05) is 18.9 Å². The summed E-state index contributed by atoms with van der Waals surface area (Å²) in [6, 6.07) is 0. The molecule has 0 atom stereocenters. The predicted octanol–water partition coefficient (Wildman–Crippen LogP) is 0.453. The highest BCUT2D eigenvalue weighted by atomic mass is 16.3. The van der Waals surface area contributed by atoms with Crippen LogP contribution in [0, 0.1) is 0 Å². The van der Waals surface area contributed by atoms with Gasteiger partial charge in [-0.3, -0.25) is 10.0 Å². The van der Waals surface area contributed by atoms with Gasteiger partial charge in [0.15, 0.2) is 0 Å². The molecule has 4 nitrogen and oxygen atoms in total. The highest BCUT2D eigenvalue weighted by Gasteiger charge is 2.09. The van der Waals surface area contributed by atoms with Gasteiger partial charge in [-0.25, -0.2) is 0 Å². The first kappa shape index (κ1) is 10.1. The molecule has 0 aromatic rings. The molecule has 13 heavy (non-hydrogen) atoms. The second kappa shape index (κ2) is 4.89. The van der Waals surface area contributed by atoms with Gasteiger partial charge < -0.3 is 5.11 Å². The first-order valence-electron chi connectivity index (χ1n) is 4.45. The summed E-state index contributed by atoms with van der Waals surface area (Å²) in [5, 5.41) is 12.5. The molecule has 1 aliphatic heterocycles. The molecule has 0 aromatic heterocycles. The van der Waals surface area contributed by atoms with Crippen LogP contribution in [0.3, 0.4) is 0 Å². The molecule has 0 aliphatic carbocycles. The number of nitrogens with zero attached hydrogens (tertiary/aromatic N) is 2. The van der Waals surface area contributed by atoms with Gasteiger partial charge in [0.05, 0.1) is 13.2 Å². The molecule has 4 heteroatoms. The summed E-state index contributed by atoms with van der Waals surface area (Å²) in [4.78, 5) is 0. The van der Waals surface area contributed by atoms with E-state index in [1.165, 1.54) is 5.57 Å². The number of hydrogen-bond donors (Lipinski definition) is 2. The highest BCUT2D eigenvalue weighted by Crippen LogP contribution is 2.03. The summed E-state index contributed by atoms with van der Waals surface area (Å²) in [5.41, 5.74) is 4.28. The second-order valence-corrected chi connectivity index (χ2v) is 3.22. The summed E-state index contributed by atoms with van der Waals surface area (Å²) in [6.45, 7) is 7.54. The summed E-state index contributed by atoms with van der Waals surface area (Å²) in [7, 11) is 0. The van der Waals surface area contributed by atoms with Gasteiger partial charge in [0.25, 0.3) is 0 Å². The van der Waals surface area contributed by atoms with Crippen LogP contribution in [-0.2, 0) is 0 Å². The molecule has 1 heterocycles. The average Bonchev–Trinajstić information content (AvgIpc) is 2.50. The molecule has 0 fully saturated rings. The molecule has 1 rings (SSSR count). The Kier molecular flexibility index (Phi) is 3.79. The summed E-state index contributed by atoms with van der Waals surface area (Å²) in [5.74, 6) is 0. The van der Waals surface area contributed by atoms with Crippen molar-refractivity contribution in [3.05, 3.63) is 24.6 Å². The van der Waals surface area contributed by atoms with Crippen molar-refractivity contribution >= 4 is 0 Å². The minimum Gasteiger partial charge on any atom is -0.394 e. The van der Waals surface area contributed by atoms with Gasteiger partial charge in [-0.05, 0) is 13.3 Å². The molecule has 0 aromatic carbocycles. The molecule has 1 aliphatic rings. The van der Waals surface area contributed by atoms with Crippen molar-refractivity contribution in [1.82, 2.24) is 15.6 Å². The second-order valence-electron chi connectivity index (χ2n) is 3.22. The smallest absolute Gasteiger partial charge is 0.0622 e. The Hall–Kier alpha value is -1.00. The molecule has 0 spiro atoms. The minimum atomic E-state index is 0.158. The highest BCUT2D eigenvalue weighted by molar-refractivity contribution is 4.92. The molecule has 2 N–H and O–H groups in total. The SMILES string of the molecule is C=C(C)CCN1C=CN(CCO)N1. The number of β-amino-alcohol motifs (C(OH)–C–C–N with tert-alkyl or cyclic N) is 1. The normalized spacial score (nSPS) is 15.5. The van der Waals surface area contributed by atoms with Crippen LogP contribution < -0.4 is 5.53 Å². The maximum Gasteiger partial charge on any atom is 0.0622 e. The van der Waals surface area contributed by atoms with Crippen molar-refractivity contribution in [2.45, 2.75) is 13.3 Å². The maximum absolute atomic E-state index is 8.68. The molecule has 0 bridgehead atoms. The monoisotopic (exact) mass is 183 g/mol. The van der Waals surface area contributed by atoms with Crippen LogP contribution in [0.25, 0.3) is 0 Å². The molecular formula is C9H17N3O. The Bertz CT molecular complexity index is 203. The van der Waals surface area contributed by atoms with Crippen LogP contribution >= 0.6 is 0 Å². The van der Waals surface area contributed by atoms with Crippen molar-refractivity contribution in [1.29, 1.82) is 0 Å². The van der Waals surface area contributed by atoms with Gasteiger partial charge in [-0.15, -0.1) is 12.1 Å². The van der Waals surface area contributed by atoms with E-state index < -0.39 is 0 Å². The lowest BCUT2D eigenvalue weighted by atomic mass is 10.2. The summed E-state index contributed by atoms with van der Waals surface area (Å²) < 4.78 is 0. The Morgan fingerprint density at radius 3 is 2.54 bits per heavy atom. The minimum absolute atomic E-state index is 0.158. The van der Waals surface area contributed by atoms with E-state index in [1.54, 1.807) is 0 Å². The number of rotatable bonds is 5. The third-order valence-corrected chi connectivity index (χ3v) is 1.80. The zero-order valence-corrected chi connectivity index (χ0v) is 8.03. The molecule has 0 amide bonds. The average molecular weight is 183 g/mol. The third-order valence-electron chi connectivity index (χ3n) is 1.80. The fourth-order valence-electron chi connectivity index (χ4n) is 1.06. The van der Waals surface area contributed by atoms with E-state index in [2.05, 4.69) is 12.1 Å². The van der Waals surface area contributed by atoms with E-state index in [4.69, 9.17) is 5.11 Å². The van der Waals surface area contributed by atoms with Crippen LogP contribution in [0.15, 0.2) is 24.6 Å². The molecular weight excluding hydrogens is 166 g/mol. The van der Waals surface area contributed by atoms with Crippen LogP contribution in [0.4, 0.5) is 0 Å². The Balaban J connectivity index is 2.18. The van der Waals surface area contributed by atoms with Gasteiger partial charge in [-0.2, -0.15) is 0 Å². The Labute approximate surface area is 79.1 Å². The fraction of sp³-hybridized carbons (Fsp3) is 0.556. The van der Waals surface area contributed by atoms with Crippen molar-refractivity contribution < 1.29 is 5.11 Å². The molecule has 74 valence electrons. The van der Waals surface area contributed by atoms with E-state index in [9.17, 15) is 0 Å². The summed E-state index contributed by atoms with van der Waals surface area (Å²) >= 11 is 0. The van der Waals surface area contributed by atoms with Gasteiger partial charge in [0.2, 0.25) is 0 Å². The molecule has 0 radical (unpaired) electrons.